The highest BCUT2D eigenvalue weighted by atomic mass is 16.5. The molecule has 1 aromatic heterocycles. The van der Waals surface area contributed by atoms with Crippen LogP contribution in [0.15, 0.2) is 95.1 Å². The van der Waals surface area contributed by atoms with Crippen molar-refractivity contribution in [2.75, 3.05) is 14.2 Å². The topological polar surface area (TPSA) is 98.4 Å². The van der Waals surface area contributed by atoms with Crippen molar-refractivity contribution in [3.8, 4) is 17.2 Å². The number of amides is 1. The number of ketones is 1. The zero-order valence-corrected chi connectivity index (χ0v) is 22.4. The molecule has 8 heteroatoms. The average Bonchev–Trinajstić information content (AvgIpc) is 3.58. The molecular weight excluding hydrogens is 510 g/mol. The Hall–Kier alpha value is -4.98. The Morgan fingerprint density at radius 2 is 1.68 bits per heavy atom. The molecule has 1 aliphatic rings. The first-order chi connectivity index (χ1) is 19.4. The molecule has 1 atom stereocenters. The second kappa shape index (κ2) is 11.4. The van der Waals surface area contributed by atoms with Crippen molar-refractivity contribution < 1.29 is 33.3 Å². The molecule has 1 amide bonds. The SMILES string of the molecule is COc1ccc(C2C(=C(O)c3ccc(OCc4ccccc4C)cc3)C(=O)C(=O)N2Cc2ccco2)cc1OC. The summed E-state index contributed by atoms with van der Waals surface area (Å²) in [5.41, 5.74) is 3.12. The van der Waals surface area contributed by atoms with Gasteiger partial charge in [0.1, 0.15) is 23.9 Å². The van der Waals surface area contributed by atoms with Gasteiger partial charge >= 0.3 is 0 Å². The molecule has 0 radical (unpaired) electrons. The molecule has 1 saturated heterocycles. The Morgan fingerprint density at radius 1 is 0.925 bits per heavy atom. The van der Waals surface area contributed by atoms with Gasteiger partial charge in [0.05, 0.1) is 38.6 Å². The van der Waals surface area contributed by atoms with Crippen molar-refractivity contribution in [3.05, 3.63) is 119 Å². The van der Waals surface area contributed by atoms with Crippen LogP contribution < -0.4 is 14.2 Å². The number of methoxy groups -OCH3 is 2. The number of hydrogen-bond donors (Lipinski definition) is 1. The van der Waals surface area contributed by atoms with Crippen LogP contribution >= 0.6 is 0 Å². The Kier molecular flexibility index (Phi) is 7.59. The van der Waals surface area contributed by atoms with Gasteiger partial charge in [-0.15, -0.1) is 0 Å². The van der Waals surface area contributed by atoms with Gasteiger partial charge in [0, 0.05) is 5.56 Å². The smallest absolute Gasteiger partial charge is 0.296 e. The molecule has 1 aliphatic heterocycles. The number of aryl methyl sites for hydroxylation is 1. The molecule has 1 fully saturated rings. The van der Waals surface area contributed by atoms with E-state index in [4.69, 9.17) is 18.6 Å². The zero-order chi connectivity index (χ0) is 28.2. The van der Waals surface area contributed by atoms with Gasteiger partial charge < -0.3 is 28.6 Å². The minimum absolute atomic E-state index is 0.0302. The predicted octanol–water partition coefficient (Wildman–Crippen LogP) is 5.81. The van der Waals surface area contributed by atoms with Crippen LogP contribution in [-0.4, -0.2) is 35.9 Å². The summed E-state index contributed by atoms with van der Waals surface area (Å²) >= 11 is 0. The van der Waals surface area contributed by atoms with Gasteiger partial charge in [-0.2, -0.15) is 0 Å². The van der Waals surface area contributed by atoms with Crippen molar-refractivity contribution in [3.63, 3.8) is 0 Å². The van der Waals surface area contributed by atoms with Crippen molar-refractivity contribution >= 4 is 17.4 Å². The summed E-state index contributed by atoms with van der Waals surface area (Å²) in [4.78, 5) is 28.0. The number of benzene rings is 3. The van der Waals surface area contributed by atoms with Gasteiger partial charge in [-0.05, 0) is 72.1 Å². The van der Waals surface area contributed by atoms with Crippen molar-refractivity contribution in [2.24, 2.45) is 0 Å². The monoisotopic (exact) mass is 539 g/mol. The van der Waals surface area contributed by atoms with E-state index in [9.17, 15) is 14.7 Å². The maximum absolute atomic E-state index is 13.4. The lowest BCUT2D eigenvalue weighted by molar-refractivity contribution is -0.140. The van der Waals surface area contributed by atoms with E-state index in [1.54, 1.807) is 54.6 Å². The number of furan rings is 1. The number of carbonyl (C=O) groups is 2. The van der Waals surface area contributed by atoms with Gasteiger partial charge in [-0.3, -0.25) is 9.59 Å². The molecule has 40 heavy (non-hydrogen) atoms. The third kappa shape index (κ3) is 5.16. The van der Waals surface area contributed by atoms with Crippen LogP contribution in [0.25, 0.3) is 5.76 Å². The number of Topliss-reactive ketones (excluding diaryl/α,β-unsaturated/α-hetero) is 1. The number of aliphatic hydroxyl groups is 1. The lowest BCUT2D eigenvalue weighted by Crippen LogP contribution is -2.29. The van der Waals surface area contributed by atoms with Crippen LogP contribution in [0.3, 0.4) is 0 Å². The molecule has 0 bridgehead atoms. The maximum atomic E-state index is 13.4. The molecule has 4 aromatic rings. The van der Waals surface area contributed by atoms with E-state index in [0.29, 0.717) is 40.7 Å². The summed E-state index contributed by atoms with van der Waals surface area (Å²) in [5.74, 6) is 0.219. The fourth-order valence-corrected chi connectivity index (χ4v) is 4.78. The Morgan fingerprint density at radius 3 is 2.35 bits per heavy atom. The van der Waals surface area contributed by atoms with Crippen molar-refractivity contribution in [1.82, 2.24) is 4.90 Å². The highest BCUT2D eigenvalue weighted by Crippen LogP contribution is 2.42. The van der Waals surface area contributed by atoms with Gasteiger partial charge in [0.15, 0.2) is 11.5 Å². The first-order valence-corrected chi connectivity index (χ1v) is 12.7. The molecule has 8 nitrogen and oxygen atoms in total. The van der Waals surface area contributed by atoms with Crippen molar-refractivity contribution in [2.45, 2.75) is 26.1 Å². The summed E-state index contributed by atoms with van der Waals surface area (Å²) < 4.78 is 22.2. The van der Waals surface area contributed by atoms with Crippen molar-refractivity contribution in [1.29, 1.82) is 0 Å². The number of carbonyl (C=O) groups excluding carboxylic acids is 2. The summed E-state index contributed by atoms with van der Waals surface area (Å²) in [6.45, 7) is 2.46. The molecule has 3 aromatic carbocycles. The largest absolute Gasteiger partial charge is 0.507 e. The second-order valence-corrected chi connectivity index (χ2v) is 9.36. The number of nitrogens with zero attached hydrogens (tertiary/aromatic N) is 1. The Labute approximate surface area is 232 Å². The van der Waals surface area contributed by atoms with Crippen LogP contribution in [0.5, 0.6) is 17.2 Å². The average molecular weight is 540 g/mol. The standard InChI is InChI=1S/C32H29NO7/c1-20-7-4-5-8-23(20)19-40-24-13-10-21(11-14-24)30(34)28-29(22-12-15-26(37-2)27(17-22)38-3)33(32(36)31(28)35)18-25-9-6-16-39-25/h4-17,29,34H,18-19H2,1-3H3. The normalized spacial score (nSPS) is 16.3. The lowest BCUT2D eigenvalue weighted by Gasteiger charge is -2.25. The molecule has 204 valence electrons. The van der Waals surface area contributed by atoms with Crippen LogP contribution in [0.4, 0.5) is 0 Å². The van der Waals surface area contributed by atoms with E-state index in [1.165, 1.54) is 25.4 Å². The quantitative estimate of drug-likeness (QED) is 0.163. The highest BCUT2D eigenvalue weighted by Gasteiger charge is 2.46. The molecule has 1 unspecified atom stereocenters. The molecule has 0 aliphatic carbocycles. The fraction of sp³-hybridized carbons (Fsp3) is 0.188. The van der Waals surface area contributed by atoms with E-state index in [0.717, 1.165) is 11.1 Å². The van der Waals surface area contributed by atoms with Crippen LogP contribution in [0.1, 0.15) is 34.1 Å². The van der Waals surface area contributed by atoms with Gasteiger partial charge in [-0.25, -0.2) is 0 Å². The number of aliphatic hydroxyl groups excluding tert-OH is 1. The van der Waals surface area contributed by atoms with Gasteiger partial charge in [0.25, 0.3) is 11.7 Å². The predicted molar refractivity (Wildman–Crippen MR) is 148 cm³/mol. The Bertz CT molecular complexity index is 1550. The van der Waals surface area contributed by atoms with Crippen LogP contribution in [-0.2, 0) is 22.7 Å². The van der Waals surface area contributed by atoms with Crippen LogP contribution in [0, 0.1) is 6.92 Å². The molecular formula is C32H29NO7. The minimum Gasteiger partial charge on any atom is -0.507 e. The summed E-state index contributed by atoms with van der Waals surface area (Å²) in [6, 6.07) is 22.4. The van der Waals surface area contributed by atoms with E-state index >= 15 is 0 Å². The molecule has 0 spiro atoms. The maximum Gasteiger partial charge on any atom is 0.296 e. The lowest BCUT2D eigenvalue weighted by atomic mass is 9.95. The third-order valence-corrected chi connectivity index (χ3v) is 6.95. The Balaban J connectivity index is 1.51. The number of hydrogen-bond acceptors (Lipinski definition) is 7. The van der Waals surface area contributed by atoms with E-state index in [2.05, 4.69) is 0 Å². The van der Waals surface area contributed by atoms with E-state index < -0.39 is 17.7 Å². The number of ether oxygens (including phenoxy) is 3. The molecule has 1 N–H and O–H groups in total. The van der Waals surface area contributed by atoms with E-state index in [1.807, 2.05) is 31.2 Å². The van der Waals surface area contributed by atoms with Gasteiger partial charge in [-0.1, -0.05) is 30.3 Å². The second-order valence-electron chi connectivity index (χ2n) is 9.36. The summed E-state index contributed by atoms with van der Waals surface area (Å²) in [5, 5.41) is 11.4. The first kappa shape index (κ1) is 26.6. The number of likely N-dealkylation sites (tertiary alicyclic amines) is 1. The number of rotatable bonds is 9. The fourth-order valence-electron chi connectivity index (χ4n) is 4.78. The highest BCUT2D eigenvalue weighted by molar-refractivity contribution is 6.46. The molecule has 2 heterocycles. The summed E-state index contributed by atoms with van der Waals surface area (Å²) in [7, 11) is 3.03. The third-order valence-electron chi connectivity index (χ3n) is 6.95. The van der Waals surface area contributed by atoms with E-state index in [-0.39, 0.29) is 17.9 Å². The zero-order valence-electron chi connectivity index (χ0n) is 22.4. The molecule has 0 saturated carbocycles. The molecule has 5 rings (SSSR count). The first-order valence-electron chi connectivity index (χ1n) is 12.7. The summed E-state index contributed by atoms with van der Waals surface area (Å²) in [6.07, 6.45) is 1.50. The van der Waals surface area contributed by atoms with Crippen LogP contribution in [0.2, 0.25) is 0 Å². The minimum atomic E-state index is -0.887. The van der Waals surface area contributed by atoms with Gasteiger partial charge in [0.2, 0.25) is 0 Å².